The van der Waals surface area contributed by atoms with Gasteiger partial charge >= 0.3 is 5.69 Å². The highest BCUT2D eigenvalue weighted by Crippen LogP contribution is 2.28. The Morgan fingerprint density at radius 1 is 0.912 bits per heavy atom. The van der Waals surface area contributed by atoms with Crippen LogP contribution in [0.4, 0.5) is 0 Å². The van der Waals surface area contributed by atoms with E-state index in [1.807, 2.05) is 55.5 Å². The van der Waals surface area contributed by atoms with Gasteiger partial charge in [-0.25, -0.2) is 9.36 Å². The minimum atomic E-state index is -0.698. The van der Waals surface area contributed by atoms with Crippen LogP contribution >= 0.6 is 0 Å². The summed E-state index contributed by atoms with van der Waals surface area (Å²) in [6.07, 6.45) is 0.724. The van der Waals surface area contributed by atoms with Crippen molar-refractivity contribution < 1.29 is 5.11 Å². The maximum Gasteiger partial charge on any atom is 0.335 e. The molecule has 6 heteroatoms. The molecule has 1 heterocycles. The molecule has 4 aromatic rings. The van der Waals surface area contributed by atoms with Crippen LogP contribution < -0.4 is 11.2 Å². The molecule has 0 spiro atoms. The van der Waals surface area contributed by atoms with Crippen LogP contribution in [0.15, 0.2) is 99.5 Å². The van der Waals surface area contributed by atoms with Crippen LogP contribution in [0.5, 0.6) is 5.88 Å². The molecule has 2 N–H and O–H groups in total. The Morgan fingerprint density at radius 2 is 1.47 bits per heavy atom. The van der Waals surface area contributed by atoms with Crippen molar-refractivity contribution in [1.29, 1.82) is 0 Å². The number of nitrogens with zero attached hydrogens (tertiary/aromatic N) is 2. The molecule has 0 amide bonds. The lowest BCUT2D eigenvalue weighted by Crippen LogP contribution is -2.32. The van der Waals surface area contributed by atoms with Gasteiger partial charge in [-0.1, -0.05) is 78.4 Å². The predicted octanol–water partition coefficient (Wildman–Crippen LogP) is 4.57. The first-order valence-corrected chi connectivity index (χ1v) is 11.2. The molecule has 172 valence electrons. The Kier molecular flexibility index (Phi) is 6.87. The quantitative estimate of drug-likeness (QED) is 0.402. The fourth-order valence-corrected chi connectivity index (χ4v) is 4.12. The van der Waals surface area contributed by atoms with E-state index in [4.69, 9.17) is 0 Å². The Balaban J connectivity index is 1.64. The molecule has 4 rings (SSSR count). The Hall–Kier alpha value is -4.19. The van der Waals surface area contributed by atoms with E-state index in [0.29, 0.717) is 17.9 Å². The lowest BCUT2D eigenvalue weighted by Gasteiger charge is -2.17. The lowest BCUT2D eigenvalue weighted by atomic mass is 9.88. The van der Waals surface area contributed by atoms with Crippen molar-refractivity contribution in [3.63, 3.8) is 0 Å². The molecule has 0 saturated heterocycles. The molecule has 3 aromatic carbocycles. The highest BCUT2D eigenvalue weighted by atomic mass is 16.3. The summed E-state index contributed by atoms with van der Waals surface area (Å²) in [5, 5.41) is 10.9. The number of rotatable bonds is 7. The van der Waals surface area contributed by atoms with E-state index in [1.54, 1.807) is 19.1 Å². The minimum absolute atomic E-state index is 0.00357. The van der Waals surface area contributed by atoms with Crippen LogP contribution in [-0.2, 0) is 0 Å². The third-order valence-corrected chi connectivity index (χ3v) is 5.91. The summed E-state index contributed by atoms with van der Waals surface area (Å²) >= 11 is 0. The Bertz CT molecular complexity index is 1360. The Morgan fingerprint density at radius 3 is 2.03 bits per heavy atom. The number of aromatic hydroxyl groups is 1. The van der Waals surface area contributed by atoms with Gasteiger partial charge in [0.05, 0.1) is 5.69 Å². The van der Waals surface area contributed by atoms with Crippen LogP contribution in [0.1, 0.15) is 41.5 Å². The van der Waals surface area contributed by atoms with E-state index in [9.17, 15) is 14.7 Å². The highest BCUT2D eigenvalue weighted by Gasteiger charge is 2.18. The van der Waals surface area contributed by atoms with Gasteiger partial charge in [0.2, 0.25) is 5.88 Å². The number of H-pyrrole nitrogens is 1. The van der Waals surface area contributed by atoms with Crippen LogP contribution in [-0.4, -0.2) is 26.9 Å². The number of benzene rings is 3. The topological polar surface area (TPSA) is 87.4 Å². The zero-order chi connectivity index (χ0) is 24.1. The van der Waals surface area contributed by atoms with E-state index in [0.717, 1.165) is 16.6 Å². The first kappa shape index (κ1) is 23.0. The number of aromatic nitrogens is 2. The van der Waals surface area contributed by atoms with Gasteiger partial charge in [-0.15, -0.1) is 0 Å². The van der Waals surface area contributed by atoms with Crippen LogP contribution in [0.25, 0.3) is 5.69 Å². The second kappa shape index (κ2) is 10.2. The number of aromatic amines is 1. The van der Waals surface area contributed by atoms with Gasteiger partial charge < -0.3 is 5.11 Å². The molecule has 34 heavy (non-hydrogen) atoms. The number of aryl methyl sites for hydroxylation is 1. The summed E-state index contributed by atoms with van der Waals surface area (Å²) < 4.78 is 1.09. The number of hydrogen-bond donors (Lipinski definition) is 2. The van der Waals surface area contributed by atoms with Crippen molar-refractivity contribution in [2.24, 2.45) is 4.99 Å². The number of aliphatic imine (C=N–C) groups is 1. The molecule has 0 fully saturated rings. The highest BCUT2D eigenvalue weighted by molar-refractivity contribution is 6.00. The number of nitrogens with one attached hydrogen (secondary N) is 1. The van der Waals surface area contributed by atoms with Crippen LogP contribution in [0.3, 0.4) is 0 Å². The van der Waals surface area contributed by atoms with E-state index in [2.05, 4.69) is 34.2 Å². The SMILES string of the molecule is CC(=NCCC(c1ccccc1)c1ccccc1)c1c(O)n(-c2ccc(C)cc2)c(=O)[nH]c1=O. The molecule has 0 aliphatic carbocycles. The first-order valence-electron chi connectivity index (χ1n) is 11.2. The van der Waals surface area contributed by atoms with Gasteiger partial charge in [0.15, 0.2) is 0 Å². The third-order valence-electron chi connectivity index (χ3n) is 5.91. The molecular formula is C28H27N3O3. The molecule has 0 saturated carbocycles. The van der Waals surface area contributed by atoms with Gasteiger partial charge in [-0.05, 0) is 43.5 Å². The average Bonchev–Trinajstić information content (AvgIpc) is 2.84. The van der Waals surface area contributed by atoms with Gasteiger partial charge in [0.25, 0.3) is 5.56 Å². The summed E-state index contributed by atoms with van der Waals surface area (Å²) in [6, 6.07) is 27.6. The molecule has 0 unspecified atom stereocenters. The van der Waals surface area contributed by atoms with Crippen LogP contribution in [0.2, 0.25) is 0 Å². The van der Waals surface area contributed by atoms with Gasteiger partial charge in [0, 0.05) is 18.2 Å². The summed E-state index contributed by atoms with van der Waals surface area (Å²) in [5.41, 5.74) is 2.88. The van der Waals surface area contributed by atoms with Crippen molar-refractivity contribution >= 4 is 5.71 Å². The van der Waals surface area contributed by atoms with Crippen LogP contribution in [0, 0.1) is 6.92 Å². The van der Waals surface area contributed by atoms with E-state index >= 15 is 0 Å². The first-order chi connectivity index (χ1) is 16.5. The van der Waals surface area contributed by atoms with E-state index in [-0.39, 0.29) is 11.5 Å². The number of hydrogen-bond acceptors (Lipinski definition) is 4. The average molecular weight is 454 g/mol. The fraction of sp³-hybridized carbons (Fsp3) is 0.179. The standard InChI is InChI=1S/C28H27N3O3/c1-19-13-15-23(16-14-19)31-27(33)25(26(32)30-28(31)34)20(2)29-18-17-24(21-9-5-3-6-10-21)22-11-7-4-8-12-22/h3-16,24,33H,17-18H2,1-2H3,(H,30,32,34). The molecule has 6 nitrogen and oxygen atoms in total. The summed E-state index contributed by atoms with van der Waals surface area (Å²) in [5.74, 6) is -0.270. The molecule has 1 aromatic heterocycles. The largest absolute Gasteiger partial charge is 0.493 e. The molecule has 0 radical (unpaired) electrons. The second-order valence-corrected chi connectivity index (χ2v) is 8.26. The summed E-state index contributed by atoms with van der Waals surface area (Å²) in [6.45, 7) is 4.05. The molecule has 0 aliphatic rings. The molecule has 0 atom stereocenters. The van der Waals surface area contributed by atoms with Gasteiger partial charge in [-0.2, -0.15) is 0 Å². The van der Waals surface area contributed by atoms with E-state index < -0.39 is 17.1 Å². The zero-order valence-electron chi connectivity index (χ0n) is 19.2. The lowest BCUT2D eigenvalue weighted by molar-refractivity contribution is 0.429. The monoisotopic (exact) mass is 453 g/mol. The predicted molar refractivity (Wildman–Crippen MR) is 135 cm³/mol. The normalized spacial score (nSPS) is 11.7. The fourth-order valence-electron chi connectivity index (χ4n) is 4.12. The van der Waals surface area contributed by atoms with E-state index in [1.165, 1.54) is 11.1 Å². The zero-order valence-corrected chi connectivity index (χ0v) is 19.2. The van der Waals surface area contributed by atoms with Gasteiger partial charge in [0.1, 0.15) is 5.56 Å². The van der Waals surface area contributed by atoms with Crippen molar-refractivity contribution in [1.82, 2.24) is 9.55 Å². The van der Waals surface area contributed by atoms with Gasteiger partial charge in [-0.3, -0.25) is 14.8 Å². The maximum absolute atomic E-state index is 12.6. The van der Waals surface area contributed by atoms with Crippen molar-refractivity contribution in [3.05, 3.63) is 128 Å². The Labute approximate surface area is 197 Å². The summed E-state index contributed by atoms with van der Waals surface area (Å²) in [7, 11) is 0. The van der Waals surface area contributed by atoms with Crippen molar-refractivity contribution in [2.45, 2.75) is 26.2 Å². The van der Waals surface area contributed by atoms with Crippen molar-refractivity contribution in [2.75, 3.05) is 6.54 Å². The third kappa shape index (κ3) is 4.91. The molecular weight excluding hydrogens is 426 g/mol. The maximum atomic E-state index is 12.6. The summed E-state index contributed by atoms with van der Waals surface area (Å²) in [4.78, 5) is 31.9. The molecule has 0 bridgehead atoms. The smallest absolute Gasteiger partial charge is 0.335 e. The van der Waals surface area contributed by atoms with Crippen molar-refractivity contribution in [3.8, 4) is 11.6 Å². The molecule has 0 aliphatic heterocycles. The minimum Gasteiger partial charge on any atom is -0.493 e. The second-order valence-electron chi connectivity index (χ2n) is 8.26.